The monoisotopic (exact) mass is 488 g/mol. The molecule has 1 aliphatic rings. The standard InChI is InChI=1S/C17H24F4N4.HI/c1-2-22-16(23-9-7-13-3-5-14(18)6-4-13)24-15-8-10-25(11-15)12-17(19,20)21;/h3-6,15H,2,7-12H2,1H3,(H2,22,23,24);1H. The number of halogens is 5. The number of nitrogens with one attached hydrogen (secondary N) is 2. The summed E-state index contributed by atoms with van der Waals surface area (Å²) in [6.45, 7) is 3.01. The normalized spacial score (nSPS) is 18.5. The molecule has 1 fully saturated rings. The van der Waals surface area contributed by atoms with Gasteiger partial charge < -0.3 is 10.6 Å². The summed E-state index contributed by atoms with van der Waals surface area (Å²) in [5.41, 5.74) is 0.984. The maximum Gasteiger partial charge on any atom is 0.401 e. The summed E-state index contributed by atoms with van der Waals surface area (Å²) in [5.74, 6) is 0.329. The van der Waals surface area contributed by atoms with Crippen molar-refractivity contribution in [3.8, 4) is 0 Å². The molecule has 1 unspecified atom stereocenters. The highest BCUT2D eigenvalue weighted by Crippen LogP contribution is 2.19. The molecule has 0 saturated carbocycles. The number of rotatable bonds is 6. The van der Waals surface area contributed by atoms with Crippen molar-refractivity contribution < 1.29 is 17.6 Å². The molecule has 2 N–H and O–H groups in total. The lowest BCUT2D eigenvalue weighted by Crippen LogP contribution is -2.45. The predicted octanol–water partition coefficient (Wildman–Crippen LogP) is 3.18. The van der Waals surface area contributed by atoms with Crippen molar-refractivity contribution in [2.45, 2.75) is 32.0 Å². The first-order chi connectivity index (χ1) is 11.9. The largest absolute Gasteiger partial charge is 0.401 e. The maximum atomic E-state index is 12.9. The van der Waals surface area contributed by atoms with E-state index in [0.717, 1.165) is 5.56 Å². The van der Waals surface area contributed by atoms with Gasteiger partial charge in [-0.3, -0.25) is 9.89 Å². The number of nitrogens with zero attached hydrogens (tertiary/aromatic N) is 2. The van der Waals surface area contributed by atoms with Gasteiger partial charge in [-0.1, -0.05) is 12.1 Å². The fourth-order valence-electron chi connectivity index (χ4n) is 2.81. The molecule has 0 aliphatic carbocycles. The summed E-state index contributed by atoms with van der Waals surface area (Å²) in [7, 11) is 0. The molecule has 0 spiro atoms. The molecule has 0 radical (unpaired) electrons. The fourth-order valence-corrected chi connectivity index (χ4v) is 2.81. The van der Waals surface area contributed by atoms with Gasteiger partial charge in [-0.2, -0.15) is 13.2 Å². The second-order valence-electron chi connectivity index (χ2n) is 6.12. The fraction of sp³-hybridized carbons (Fsp3) is 0.588. The number of benzene rings is 1. The molecule has 0 bridgehead atoms. The van der Waals surface area contributed by atoms with Gasteiger partial charge in [0, 0.05) is 32.2 Å². The van der Waals surface area contributed by atoms with E-state index in [4.69, 9.17) is 0 Å². The van der Waals surface area contributed by atoms with Crippen LogP contribution in [0.3, 0.4) is 0 Å². The maximum absolute atomic E-state index is 12.9. The highest BCUT2D eigenvalue weighted by Gasteiger charge is 2.34. The minimum Gasteiger partial charge on any atom is -0.357 e. The molecular weight excluding hydrogens is 463 g/mol. The third-order valence-corrected chi connectivity index (χ3v) is 3.94. The minimum absolute atomic E-state index is 0. The predicted molar refractivity (Wildman–Crippen MR) is 106 cm³/mol. The van der Waals surface area contributed by atoms with Crippen LogP contribution < -0.4 is 10.6 Å². The third kappa shape index (κ3) is 8.52. The third-order valence-electron chi connectivity index (χ3n) is 3.94. The molecule has 1 heterocycles. The topological polar surface area (TPSA) is 39.7 Å². The molecular formula is C17H25F4IN4. The number of aliphatic imine (C=N–C) groups is 1. The Morgan fingerprint density at radius 3 is 2.58 bits per heavy atom. The van der Waals surface area contributed by atoms with E-state index < -0.39 is 12.7 Å². The Morgan fingerprint density at radius 1 is 1.27 bits per heavy atom. The lowest BCUT2D eigenvalue weighted by molar-refractivity contribution is -0.143. The second kappa shape index (κ2) is 10.9. The molecule has 148 valence electrons. The van der Waals surface area contributed by atoms with Gasteiger partial charge in [0.05, 0.1) is 6.54 Å². The molecule has 1 atom stereocenters. The zero-order valence-electron chi connectivity index (χ0n) is 14.7. The van der Waals surface area contributed by atoms with Crippen molar-refractivity contribution in [1.82, 2.24) is 15.5 Å². The summed E-state index contributed by atoms with van der Waals surface area (Å²) in [4.78, 5) is 5.86. The number of likely N-dealkylation sites (tertiary alicyclic amines) is 1. The first-order valence-electron chi connectivity index (χ1n) is 8.44. The van der Waals surface area contributed by atoms with Crippen LogP contribution in [0.25, 0.3) is 0 Å². The Hall–Kier alpha value is -1.10. The van der Waals surface area contributed by atoms with Gasteiger partial charge in [0.1, 0.15) is 5.82 Å². The van der Waals surface area contributed by atoms with Crippen LogP contribution in [0.4, 0.5) is 17.6 Å². The molecule has 1 saturated heterocycles. The summed E-state index contributed by atoms with van der Waals surface area (Å²) in [5, 5.41) is 6.30. The molecule has 1 aliphatic heterocycles. The quantitative estimate of drug-likeness (QED) is 0.280. The van der Waals surface area contributed by atoms with Crippen molar-refractivity contribution in [1.29, 1.82) is 0 Å². The molecule has 1 aromatic carbocycles. The second-order valence-corrected chi connectivity index (χ2v) is 6.12. The lowest BCUT2D eigenvalue weighted by atomic mass is 10.1. The van der Waals surface area contributed by atoms with Gasteiger partial charge in [0.15, 0.2) is 5.96 Å². The summed E-state index contributed by atoms with van der Waals surface area (Å²) < 4.78 is 50.2. The van der Waals surface area contributed by atoms with Crippen molar-refractivity contribution in [3.05, 3.63) is 35.6 Å². The van der Waals surface area contributed by atoms with Crippen LogP contribution in [0.2, 0.25) is 0 Å². The van der Waals surface area contributed by atoms with Crippen LogP contribution in [-0.4, -0.2) is 55.8 Å². The molecule has 0 aromatic heterocycles. The highest BCUT2D eigenvalue weighted by atomic mass is 127. The van der Waals surface area contributed by atoms with Crippen molar-refractivity contribution in [2.75, 3.05) is 32.7 Å². The van der Waals surface area contributed by atoms with Crippen molar-refractivity contribution >= 4 is 29.9 Å². The lowest BCUT2D eigenvalue weighted by Gasteiger charge is -2.19. The van der Waals surface area contributed by atoms with Crippen LogP contribution >= 0.6 is 24.0 Å². The minimum atomic E-state index is -4.16. The number of guanidine groups is 1. The number of hydrogen-bond donors (Lipinski definition) is 2. The van der Waals surface area contributed by atoms with E-state index in [9.17, 15) is 17.6 Å². The van der Waals surface area contributed by atoms with E-state index in [-0.39, 0.29) is 35.8 Å². The van der Waals surface area contributed by atoms with E-state index >= 15 is 0 Å². The van der Waals surface area contributed by atoms with Crippen molar-refractivity contribution in [2.24, 2.45) is 4.99 Å². The van der Waals surface area contributed by atoms with Gasteiger partial charge in [-0.05, 0) is 37.5 Å². The summed E-state index contributed by atoms with van der Waals surface area (Å²) in [6.07, 6.45) is -2.84. The van der Waals surface area contributed by atoms with Crippen LogP contribution in [0, 0.1) is 5.82 Å². The van der Waals surface area contributed by atoms with E-state index in [1.165, 1.54) is 17.0 Å². The van der Waals surface area contributed by atoms with E-state index in [1.807, 2.05) is 6.92 Å². The Morgan fingerprint density at radius 2 is 1.96 bits per heavy atom. The molecule has 26 heavy (non-hydrogen) atoms. The van der Waals surface area contributed by atoms with E-state index in [2.05, 4.69) is 15.6 Å². The van der Waals surface area contributed by atoms with E-state index in [0.29, 0.717) is 45.0 Å². The number of alkyl halides is 3. The van der Waals surface area contributed by atoms with Gasteiger partial charge in [0.2, 0.25) is 0 Å². The molecule has 0 amide bonds. The Bertz CT molecular complexity index is 563. The Labute approximate surface area is 168 Å². The molecule has 1 aromatic rings. The average molecular weight is 488 g/mol. The van der Waals surface area contributed by atoms with E-state index in [1.54, 1.807) is 12.1 Å². The van der Waals surface area contributed by atoms with Gasteiger partial charge >= 0.3 is 6.18 Å². The van der Waals surface area contributed by atoms with Crippen LogP contribution in [-0.2, 0) is 6.42 Å². The Balaban J connectivity index is 0.00000338. The zero-order chi connectivity index (χ0) is 18.3. The molecule has 2 rings (SSSR count). The van der Waals surface area contributed by atoms with Crippen LogP contribution in [0.1, 0.15) is 18.9 Å². The summed E-state index contributed by atoms with van der Waals surface area (Å²) in [6, 6.07) is 6.21. The smallest absolute Gasteiger partial charge is 0.357 e. The van der Waals surface area contributed by atoms with Crippen LogP contribution in [0.15, 0.2) is 29.3 Å². The highest BCUT2D eigenvalue weighted by molar-refractivity contribution is 14.0. The first kappa shape index (κ1) is 22.9. The average Bonchev–Trinajstić information content (AvgIpc) is 2.94. The molecule has 4 nitrogen and oxygen atoms in total. The molecule has 9 heteroatoms. The van der Waals surface area contributed by atoms with Crippen LogP contribution in [0.5, 0.6) is 0 Å². The number of hydrogen-bond acceptors (Lipinski definition) is 2. The van der Waals surface area contributed by atoms with Gasteiger partial charge in [-0.25, -0.2) is 4.39 Å². The Kier molecular flexibility index (Phi) is 9.62. The van der Waals surface area contributed by atoms with Gasteiger partial charge in [0.25, 0.3) is 0 Å². The summed E-state index contributed by atoms with van der Waals surface area (Å²) >= 11 is 0. The zero-order valence-corrected chi connectivity index (χ0v) is 17.0. The first-order valence-corrected chi connectivity index (χ1v) is 8.44. The van der Waals surface area contributed by atoms with Gasteiger partial charge in [-0.15, -0.1) is 24.0 Å². The van der Waals surface area contributed by atoms with Crippen molar-refractivity contribution in [3.63, 3.8) is 0 Å². The SMILES string of the molecule is CCNC(=NCCc1ccc(F)cc1)NC1CCN(CC(F)(F)F)C1.I.